The Morgan fingerprint density at radius 1 is 0.977 bits per heavy atom. The van der Waals surface area contributed by atoms with E-state index in [1.54, 1.807) is 24.3 Å². The maximum atomic E-state index is 13.7. The minimum Gasteiger partial charge on any atom is -0.508 e. The van der Waals surface area contributed by atoms with Crippen LogP contribution in [0.4, 0.5) is 32.0 Å². The first-order valence-corrected chi connectivity index (χ1v) is 14.2. The molecule has 43 heavy (non-hydrogen) atoms. The number of carbonyl (C=O) groups is 2. The molecule has 0 unspecified atom stereocenters. The van der Waals surface area contributed by atoms with E-state index in [2.05, 4.69) is 0 Å². The van der Waals surface area contributed by atoms with Crippen molar-refractivity contribution >= 4 is 23.6 Å². The standard InChI is InChI=1S/C32H31F6NO4/c1-3-4-19-12-24-28(25-16-43-26(27(19)25)10-5-17(2)11-18-6-8-23(40)9-7-18)30(42)39(29(24)41)22-14-20(31(33,34)35)13-21(15-22)32(36,37)38/h6-9,11,13-15,24-26,28,40H,3-5,10,12,16H2,1-2H3/b17-11+/t24-,25+,26-,28-/m1/s1. The van der Waals surface area contributed by atoms with Crippen molar-refractivity contribution in [3.8, 4) is 5.75 Å². The van der Waals surface area contributed by atoms with Crippen LogP contribution in [0.5, 0.6) is 5.75 Å². The highest BCUT2D eigenvalue weighted by molar-refractivity contribution is 6.22. The fraction of sp³-hybridized carbons (Fsp3) is 0.438. The van der Waals surface area contributed by atoms with E-state index < -0.39 is 58.7 Å². The van der Waals surface area contributed by atoms with Crippen LogP contribution >= 0.6 is 0 Å². The number of carbonyl (C=O) groups excluding carboxylic acids is 2. The molecule has 230 valence electrons. The number of phenolic OH excluding ortho intramolecular Hbond substituents is 1. The maximum absolute atomic E-state index is 13.7. The molecule has 2 aliphatic heterocycles. The lowest BCUT2D eigenvalue weighted by Gasteiger charge is -2.31. The van der Waals surface area contributed by atoms with Crippen molar-refractivity contribution in [2.75, 3.05) is 11.5 Å². The number of nitrogens with zero attached hydrogens (tertiary/aromatic N) is 1. The van der Waals surface area contributed by atoms with Crippen LogP contribution in [0.25, 0.3) is 6.08 Å². The molecule has 4 atom stereocenters. The number of rotatable bonds is 7. The van der Waals surface area contributed by atoms with Crippen LogP contribution in [0.3, 0.4) is 0 Å². The summed E-state index contributed by atoms with van der Waals surface area (Å²) in [6, 6.07) is 7.62. The highest BCUT2D eigenvalue weighted by atomic mass is 19.4. The molecule has 2 aromatic rings. The Hall–Kier alpha value is -3.60. The summed E-state index contributed by atoms with van der Waals surface area (Å²) in [4.78, 5) is 27.8. The SMILES string of the molecule is CCCC1=C2[C@@H](CC/C(C)=C/c3ccc(O)cc3)OC[C@@H]2[C@@H]2C(=O)N(c3cc(C(F)(F)F)cc(C(F)(F)F)c3)C(=O)[C@@H]2C1. The topological polar surface area (TPSA) is 66.8 Å². The number of alkyl halides is 6. The van der Waals surface area contributed by atoms with Crippen molar-refractivity contribution in [3.63, 3.8) is 0 Å². The van der Waals surface area contributed by atoms with Gasteiger partial charge in [0.05, 0.1) is 41.4 Å². The summed E-state index contributed by atoms with van der Waals surface area (Å²) < 4.78 is 87.4. The van der Waals surface area contributed by atoms with Crippen molar-refractivity contribution in [1.82, 2.24) is 0 Å². The van der Waals surface area contributed by atoms with Gasteiger partial charge in [0.2, 0.25) is 11.8 Å². The third kappa shape index (κ3) is 6.09. The van der Waals surface area contributed by atoms with Crippen LogP contribution in [0.15, 0.2) is 59.2 Å². The Bertz CT molecular complexity index is 1440. The Labute approximate surface area is 244 Å². The molecule has 5 rings (SSSR count). The Morgan fingerprint density at radius 2 is 1.60 bits per heavy atom. The van der Waals surface area contributed by atoms with Crippen LogP contribution in [-0.2, 0) is 26.7 Å². The summed E-state index contributed by atoms with van der Waals surface area (Å²) in [6.45, 7) is 4.08. The molecule has 0 saturated carbocycles. The average molecular weight is 608 g/mol. The molecular weight excluding hydrogens is 576 g/mol. The van der Waals surface area contributed by atoms with Crippen molar-refractivity contribution in [2.45, 2.75) is 64.4 Å². The zero-order chi connectivity index (χ0) is 31.3. The molecular formula is C32H31F6NO4. The number of hydrogen-bond acceptors (Lipinski definition) is 4. The lowest BCUT2D eigenvalue weighted by molar-refractivity contribution is -0.143. The normalized spacial score (nSPS) is 24.6. The van der Waals surface area contributed by atoms with Gasteiger partial charge in [0.25, 0.3) is 0 Å². The van der Waals surface area contributed by atoms with Crippen LogP contribution in [-0.4, -0.2) is 29.6 Å². The quantitative estimate of drug-likeness (QED) is 0.197. The van der Waals surface area contributed by atoms with Gasteiger partial charge in [0.15, 0.2) is 0 Å². The number of amides is 2. The van der Waals surface area contributed by atoms with E-state index in [-0.39, 0.29) is 30.9 Å². The summed E-state index contributed by atoms with van der Waals surface area (Å²) in [5.41, 5.74) is -0.00661. The number of anilines is 1. The minimum atomic E-state index is -5.11. The van der Waals surface area contributed by atoms with E-state index in [1.807, 2.05) is 19.9 Å². The monoisotopic (exact) mass is 607 g/mol. The maximum Gasteiger partial charge on any atom is 0.416 e. The smallest absolute Gasteiger partial charge is 0.416 e. The molecule has 5 nitrogen and oxygen atoms in total. The summed E-state index contributed by atoms with van der Waals surface area (Å²) in [5, 5.41) is 9.51. The van der Waals surface area contributed by atoms with Gasteiger partial charge in [0, 0.05) is 5.92 Å². The van der Waals surface area contributed by atoms with Gasteiger partial charge in [0.1, 0.15) is 5.75 Å². The number of aromatic hydroxyl groups is 1. The number of benzene rings is 2. The number of phenols is 1. The van der Waals surface area contributed by atoms with Gasteiger partial charge in [-0.25, -0.2) is 4.90 Å². The second kappa shape index (κ2) is 11.5. The van der Waals surface area contributed by atoms with Crippen LogP contribution < -0.4 is 4.90 Å². The van der Waals surface area contributed by atoms with Crippen molar-refractivity contribution in [2.24, 2.45) is 17.8 Å². The molecule has 0 aromatic heterocycles. The first-order chi connectivity index (χ1) is 20.2. The fourth-order valence-electron chi connectivity index (χ4n) is 6.62. The molecule has 11 heteroatoms. The van der Waals surface area contributed by atoms with Gasteiger partial charge in [-0.3, -0.25) is 9.59 Å². The van der Waals surface area contributed by atoms with Crippen LogP contribution in [0.2, 0.25) is 0 Å². The van der Waals surface area contributed by atoms with Crippen molar-refractivity contribution < 1.29 is 45.8 Å². The number of hydrogen-bond donors (Lipinski definition) is 1. The van der Waals surface area contributed by atoms with Gasteiger partial charge in [-0.15, -0.1) is 0 Å². The highest BCUT2D eigenvalue weighted by Crippen LogP contribution is 2.52. The molecule has 2 saturated heterocycles. The summed E-state index contributed by atoms with van der Waals surface area (Å²) >= 11 is 0. The van der Waals surface area contributed by atoms with Gasteiger partial charge >= 0.3 is 12.4 Å². The molecule has 2 aromatic carbocycles. The molecule has 0 spiro atoms. The lowest BCUT2D eigenvalue weighted by atomic mass is 9.68. The van der Waals surface area contributed by atoms with Gasteiger partial charge in [-0.2, -0.15) is 26.3 Å². The van der Waals surface area contributed by atoms with Crippen molar-refractivity contribution in [1.29, 1.82) is 0 Å². The van der Waals surface area contributed by atoms with E-state index in [0.717, 1.165) is 28.7 Å². The second-order valence-corrected chi connectivity index (χ2v) is 11.5. The number of imide groups is 1. The number of halogens is 6. The summed E-state index contributed by atoms with van der Waals surface area (Å²) in [6.07, 6.45) is -5.69. The predicted octanol–water partition coefficient (Wildman–Crippen LogP) is 7.93. The zero-order valence-electron chi connectivity index (χ0n) is 23.6. The number of allylic oxidation sites excluding steroid dienone is 2. The van der Waals surface area contributed by atoms with E-state index in [4.69, 9.17) is 4.74 Å². The average Bonchev–Trinajstić information content (AvgIpc) is 3.46. The third-order valence-corrected chi connectivity index (χ3v) is 8.50. The molecule has 2 amide bonds. The minimum absolute atomic E-state index is 0.0197. The fourth-order valence-corrected chi connectivity index (χ4v) is 6.62. The molecule has 1 aliphatic carbocycles. The Morgan fingerprint density at radius 3 is 2.19 bits per heavy atom. The molecule has 0 bridgehead atoms. The van der Waals surface area contributed by atoms with E-state index in [0.29, 0.717) is 36.3 Å². The first kappa shape index (κ1) is 30.8. The third-order valence-electron chi connectivity index (χ3n) is 8.50. The molecule has 2 fully saturated rings. The summed E-state index contributed by atoms with van der Waals surface area (Å²) in [7, 11) is 0. The van der Waals surface area contributed by atoms with Gasteiger partial charge in [-0.1, -0.05) is 42.7 Å². The lowest BCUT2D eigenvalue weighted by Crippen LogP contribution is -2.34. The molecule has 3 aliphatic rings. The van der Waals surface area contributed by atoms with Gasteiger partial charge in [-0.05, 0) is 74.1 Å². The predicted molar refractivity (Wildman–Crippen MR) is 147 cm³/mol. The molecule has 2 heterocycles. The first-order valence-electron chi connectivity index (χ1n) is 14.2. The van der Waals surface area contributed by atoms with Crippen LogP contribution in [0.1, 0.15) is 62.6 Å². The zero-order valence-corrected chi connectivity index (χ0v) is 23.6. The van der Waals surface area contributed by atoms with E-state index in [9.17, 15) is 41.0 Å². The Balaban J connectivity index is 1.43. The number of fused-ring (bicyclic) bond motifs is 3. The Kier molecular flexibility index (Phi) is 8.24. The molecule has 1 N–H and O–H groups in total. The summed E-state index contributed by atoms with van der Waals surface area (Å²) in [5.74, 6) is -3.71. The van der Waals surface area contributed by atoms with E-state index in [1.165, 1.54) is 0 Å². The van der Waals surface area contributed by atoms with Gasteiger partial charge < -0.3 is 9.84 Å². The van der Waals surface area contributed by atoms with Crippen molar-refractivity contribution in [3.05, 3.63) is 75.9 Å². The molecule has 0 radical (unpaired) electrons. The number of ether oxygens (including phenoxy) is 1. The van der Waals surface area contributed by atoms with Crippen LogP contribution in [0, 0.1) is 17.8 Å². The van der Waals surface area contributed by atoms with E-state index >= 15 is 0 Å². The highest BCUT2D eigenvalue weighted by Gasteiger charge is 2.57. The second-order valence-electron chi connectivity index (χ2n) is 11.5. The largest absolute Gasteiger partial charge is 0.508 e.